The van der Waals surface area contributed by atoms with Crippen LogP contribution in [0.15, 0.2) is 12.3 Å². The van der Waals surface area contributed by atoms with Crippen molar-refractivity contribution in [3.05, 3.63) is 18.1 Å². The second-order valence-corrected chi connectivity index (χ2v) is 3.28. The van der Waals surface area contributed by atoms with Gasteiger partial charge in [0.1, 0.15) is 11.6 Å². The van der Waals surface area contributed by atoms with Gasteiger partial charge in [-0.25, -0.2) is 9.97 Å². The van der Waals surface area contributed by atoms with Crippen molar-refractivity contribution < 1.29 is 0 Å². The van der Waals surface area contributed by atoms with Gasteiger partial charge in [-0.1, -0.05) is 6.92 Å². The molecule has 0 amide bonds. The van der Waals surface area contributed by atoms with Gasteiger partial charge in [-0.05, 0) is 19.5 Å². The van der Waals surface area contributed by atoms with Crippen molar-refractivity contribution >= 4 is 5.82 Å². The Morgan fingerprint density at radius 1 is 1.50 bits per heavy atom. The summed E-state index contributed by atoms with van der Waals surface area (Å²) >= 11 is 0. The zero-order valence-corrected chi connectivity index (χ0v) is 9.12. The van der Waals surface area contributed by atoms with Gasteiger partial charge >= 0.3 is 0 Å². The van der Waals surface area contributed by atoms with Crippen LogP contribution in [0.2, 0.25) is 0 Å². The zero-order chi connectivity index (χ0) is 10.4. The molecule has 1 N–H and O–H groups in total. The molecule has 1 aromatic rings. The van der Waals surface area contributed by atoms with Crippen molar-refractivity contribution in [2.45, 2.75) is 19.9 Å². The molecular formula is C10H18N4. The summed E-state index contributed by atoms with van der Waals surface area (Å²) in [7, 11) is 3.95. The summed E-state index contributed by atoms with van der Waals surface area (Å²) in [6.07, 6.45) is 2.93. The third-order valence-electron chi connectivity index (χ3n) is 1.98. The molecule has 4 nitrogen and oxygen atoms in total. The molecule has 78 valence electrons. The van der Waals surface area contributed by atoms with Crippen LogP contribution in [0.1, 0.15) is 19.2 Å². The Hall–Kier alpha value is -1.16. The maximum Gasteiger partial charge on any atom is 0.144 e. The molecule has 0 spiro atoms. The summed E-state index contributed by atoms with van der Waals surface area (Å²) in [5.74, 6) is 1.83. The second kappa shape index (κ2) is 5.54. The lowest BCUT2D eigenvalue weighted by molar-refractivity contribution is 0.747. The van der Waals surface area contributed by atoms with Crippen LogP contribution in [0, 0.1) is 0 Å². The molecule has 0 aliphatic heterocycles. The Balaban J connectivity index is 2.71. The van der Waals surface area contributed by atoms with E-state index in [4.69, 9.17) is 0 Å². The molecule has 4 heteroatoms. The number of nitrogens with zero attached hydrogens (tertiary/aromatic N) is 3. The van der Waals surface area contributed by atoms with Gasteiger partial charge in [-0.15, -0.1) is 0 Å². The first kappa shape index (κ1) is 10.9. The zero-order valence-electron chi connectivity index (χ0n) is 9.12. The first-order valence-electron chi connectivity index (χ1n) is 4.95. The minimum Gasteiger partial charge on any atom is -0.360 e. The fraction of sp³-hybridized carbons (Fsp3) is 0.600. The molecule has 14 heavy (non-hydrogen) atoms. The highest BCUT2D eigenvalue weighted by Gasteiger charge is 2.02. The molecule has 0 saturated heterocycles. The van der Waals surface area contributed by atoms with E-state index in [2.05, 4.69) is 34.2 Å². The minimum absolute atomic E-state index is 0.716. The fourth-order valence-electron chi connectivity index (χ4n) is 1.29. The van der Waals surface area contributed by atoms with Crippen LogP contribution < -0.4 is 10.2 Å². The summed E-state index contributed by atoms with van der Waals surface area (Å²) in [4.78, 5) is 10.7. The normalized spacial score (nSPS) is 10.2. The van der Waals surface area contributed by atoms with E-state index in [0.717, 1.165) is 24.6 Å². The first-order chi connectivity index (χ1) is 6.77. The highest BCUT2D eigenvalue weighted by Crippen LogP contribution is 2.07. The Bertz CT molecular complexity index is 275. The van der Waals surface area contributed by atoms with Gasteiger partial charge in [0.05, 0.1) is 6.54 Å². The lowest BCUT2D eigenvalue weighted by Crippen LogP contribution is -2.20. The molecule has 0 aliphatic carbocycles. The van der Waals surface area contributed by atoms with E-state index in [1.54, 1.807) is 6.20 Å². The van der Waals surface area contributed by atoms with Gasteiger partial charge in [0.2, 0.25) is 0 Å². The van der Waals surface area contributed by atoms with Crippen molar-refractivity contribution in [1.29, 1.82) is 0 Å². The van der Waals surface area contributed by atoms with Crippen LogP contribution in [0.4, 0.5) is 5.82 Å². The van der Waals surface area contributed by atoms with Crippen molar-refractivity contribution in [3.8, 4) is 0 Å². The molecule has 1 rings (SSSR count). The quantitative estimate of drug-likeness (QED) is 0.760. The largest absolute Gasteiger partial charge is 0.360 e. The third kappa shape index (κ3) is 2.96. The van der Waals surface area contributed by atoms with Gasteiger partial charge in [0.15, 0.2) is 0 Å². The van der Waals surface area contributed by atoms with E-state index in [1.807, 2.05) is 13.1 Å². The number of hydrogen-bond acceptors (Lipinski definition) is 4. The Morgan fingerprint density at radius 2 is 2.29 bits per heavy atom. The predicted octanol–water partition coefficient (Wildman–Crippen LogP) is 1.04. The van der Waals surface area contributed by atoms with Gasteiger partial charge in [0, 0.05) is 19.8 Å². The number of hydrogen-bond donors (Lipinski definition) is 1. The molecule has 0 bridgehead atoms. The molecule has 0 saturated carbocycles. The maximum atomic E-state index is 4.43. The van der Waals surface area contributed by atoms with Crippen LogP contribution in [0.5, 0.6) is 0 Å². The lowest BCUT2D eigenvalue weighted by atomic mass is 10.4. The molecule has 0 atom stereocenters. The Kier molecular flexibility index (Phi) is 4.32. The van der Waals surface area contributed by atoms with Crippen LogP contribution in [-0.2, 0) is 6.54 Å². The van der Waals surface area contributed by atoms with Gasteiger partial charge in [0.25, 0.3) is 0 Å². The summed E-state index contributed by atoms with van der Waals surface area (Å²) in [6, 6.07) is 1.94. The van der Waals surface area contributed by atoms with Gasteiger partial charge in [-0.3, -0.25) is 0 Å². The molecular weight excluding hydrogens is 176 g/mol. The molecule has 0 radical (unpaired) electrons. The minimum atomic E-state index is 0.716. The molecule has 0 fully saturated rings. The van der Waals surface area contributed by atoms with Crippen LogP contribution in [0.3, 0.4) is 0 Å². The fourth-order valence-corrected chi connectivity index (χ4v) is 1.29. The van der Waals surface area contributed by atoms with Gasteiger partial charge in [-0.2, -0.15) is 0 Å². The molecule has 1 heterocycles. The van der Waals surface area contributed by atoms with Crippen molar-refractivity contribution in [3.63, 3.8) is 0 Å². The van der Waals surface area contributed by atoms with E-state index in [-0.39, 0.29) is 0 Å². The number of aromatic nitrogens is 2. The van der Waals surface area contributed by atoms with Crippen LogP contribution >= 0.6 is 0 Å². The standard InChI is InChI=1S/C10H18N4/c1-4-7-14(3)10-5-6-12-9(13-10)8-11-2/h5-6,11H,4,7-8H2,1-3H3. The van der Waals surface area contributed by atoms with E-state index in [1.165, 1.54) is 0 Å². The number of rotatable bonds is 5. The van der Waals surface area contributed by atoms with E-state index in [0.29, 0.717) is 6.54 Å². The van der Waals surface area contributed by atoms with E-state index >= 15 is 0 Å². The van der Waals surface area contributed by atoms with Crippen molar-refractivity contribution in [1.82, 2.24) is 15.3 Å². The van der Waals surface area contributed by atoms with Crippen LogP contribution in [-0.4, -0.2) is 30.6 Å². The lowest BCUT2D eigenvalue weighted by Gasteiger charge is -2.17. The number of nitrogens with one attached hydrogen (secondary N) is 1. The third-order valence-corrected chi connectivity index (χ3v) is 1.98. The Labute approximate surface area is 85.4 Å². The second-order valence-electron chi connectivity index (χ2n) is 3.28. The molecule has 0 aromatic carbocycles. The van der Waals surface area contributed by atoms with Crippen LogP contribution in [0.25, 0.3) is 0 Å². The summed E-state index contributed by atoms with van der Waals surface area (Å²) in [6.45, 7) is 3.90. The number of anilines is 1. The average Bonchev–Trinajstić information content (AvgIpc) is 2.19. The first-order valence-corrected chi connectivity index (χ1v) is 4.95. The maximum absolute atomic E-state index is 4.43. The Morgan fingerprint density at radius 3 is 2.93 bits per heavy atom. The smallest absolute Gasteiger partial charge is 0.144 e. The van der Waals surface area contributed by atoms with E-state index in [9.17, 15) is 0 Å². The topological polar surface area (TPSA) is 41.1 Å². The molecule has 0 aliphatic rings. The predicted molar refractivity (Wildman–Crippen MR) is 58.4 cm³/mol. The van der Waals surface area contributed by atoms with Crippen molar-refractivity contribution in [2.75, 3.05) is 25.5 Å². The monoisotopic (exact) mass is 194 g/mol. The summed E-state index contributed by atoms with van der Waals surface area (Å²) in [5.41, 5.74) is 0. The summed E-state index contributed by atoms with van der Waals surface area (Å²) < 4.78 is 0. The van der Waals surface area contributed by atoms with Gasteiger partial charge < -0.3 is 10.2 Å². The highest BCUT2D eigenvalue weighted by molar-refractivity contribution is 5.35. The van der Waals surface area contributed by atoms with Crippen molar-refractivity contribution in [2.24, 2.45) is 0 Å². The highest BCUT2D eigenvalue weighted by atomic mass is 15.2. The molecule has 1 aromatic heterocycles. The molecule has 0 unspecified atom stereocenters. The SMILES string of the molecule is CCCN(C)c1ccnc(CNC)n1. The average molecular weight is 194 g/mol. The van der Waals surface area contributed by atoms with E-state index < -0.39 is 0 Å². The summed E-state index contributed by atoms with van der Waals surface area (Å²) in [5, 5.41) is 3.04.